The molecule has 0 bridgehead atoms. The van der Waals surface area contributed by atoms with Crippen LogP contribution in [0.4, 0.5) is 5.69 Å². The van der Waals surface area contributed by atoms with Crippen LogP contribution in [0, 0.1) is 0 Å². The first kappa shape index (κ1) is 20.7. The Bertz CT molecular complexity index is 665. The van der Waals surface area contributed by atoms with Crippen LogP contribution in [0.2, 0.25) is 0 Å². The Kier molecular flexibility index (Phi) is 7.37. The van der Waals surface area contributed by atoms with E-state index in [1.54, 1.807) is 0 Å². The Labute approximate surface area is 170 Å². The highest BCUT2D eigenvalue weighted by molar-refractivity contribution is 5.79. The van der Waals surface area contributed by atoms with E-state index >= 15 is 0 Å². The molecule has 1 aromatic carbocycles. The van der Waals surface area contributed by atoms with Gasteiger partial charge in [0.05, 0.1) is 6.54 Å². The van der Waals surface area contributed by atoms with Crippen LogP contribution in [0.15, 0.2) is 41.4 Å². The van der Waals surface area contributed by atoms with Gasteiger partial charge in [0.2, 0.25) is 0 Å². The minimum Gasteiger partial charge on any atom is -0.364 e. The summed E-state index contributed by atoms with van der Waals surface area (Å²) in [6, 6.07) is 8.75. The Morgan fingerprint density at radius 2 is 1.82 bits per heavy atom. The van der Waals surface area contributed by atoms with E-state index in [9.17, 15) is 0 Å². The lowest BCUT2D eigenvalue weighted by atomic mass is 9.98. The van der Waals surface area contributed by atoms with Gasteiger partial charge in [-0.25, -0.2) is 4.99 Å². The molecule has 0 aromatic heterocycles. The highest BCUT2D eigenvalue weighted by Crippen LogP contribution is 2.20. The van der Waals surface area contributed by atoms with Crippen LogP contribution in [0.3, 0.4) is 0 Å². The largest absolute Gasteiger partial charge is 0.364 e. The van der Waals surface area contributed by atoms with E-state index in [0.29, 0.717) is 6.54 Å². The molecular formula is C23H37N5. The fraction of sp³-hybridized carbons (Fsp3) is 0.609. The van der Waals surface area contributed by atoms with Crippen molar-refractivity contribution in [3.8, 4) is 0 Å². The summed E-state index contributed by atoms with van der Waals surface area (Å²) in [5.74, 6) is 0.904. The monoisotopic (exact) mass is 383 g/mol. The van der Waals surface area contributed by atoms with E-state index < -0.39 is 0 Å². The van der Waals surface area contributed by atoms with Crippen LogP contribution < -0.4 is 15.5 Å². The van der Waals surface area contributed by atoms with Crippen molar-refractivity contribution in [3.63, 3.8) is 0 Å². The van der Waals surface area contributed by atoms with E-state index in [4.69, 9.17) is 4.99 Å². The topological polar surface area (TPSA) is 42.9 Å². The summed E-state index contributed by atoms with van der Waals surface area (Å²) in [7, 11) is 0. The standard InChI is InChI=1S/C23H37N5/c1-4-24-22(26-19-23(2,3)28-15-6-5-7-16-28)25-18-20-11-10-12-21(17-20)27-13-8-9-14-27/h8-12,17H,4-7,13-16,18-19H2,1-3H3,(H2,24,25,26). The molecule has 0 saturated carbocycles. The zero-order valence-corrected chi connectivity index (χ0v) is 17.9. The molecule has 2 N–H and O–H groups in total. The van der Waals surface area contributed by atoms with Crippen molar-refractivity contribution in [1.82, 2.24) is 15.5 Å². The quantitative estimate of drug-likeness (QED) is 0.430. The third kappa shape index (κ3) is 5.74. The zero-order valence-electron chi connectivity index (χ0n) is 17.9. The molecule has 1 saturated heterocycles. The molecule has 0 atom stereocenters. The minimum absolute atomic E-state index is 0.138. The van der Waals surface area contributed by atoms with Gasteiger partial charge in [-0.15, -0.1) is 0 Å². The second-order valence-electron chi connectivity index (χ2n) is 8.46. The van der Waals surface area contributed by atoms with Crippen molar-refractivity contribution in [2.45, 2.75) is 52.1 Å². The second kappa shape index (κ2) is 9.97. The molecule has 28 heavy (non-hydrogen) atoms. The number of guanidine groups is 1. The lowest BCUT2D eigenvalue weighted by Crippen LogP contribution is -2.54. The zero-order chi connectivity index (χ0) is 19.8. The van der Waals surface area contributed by atoms with E-state index in [-0.39, 0.29) is 5.54 Å². The van der Waals surface area contributed by atoms with Crippen molar-refractivity contribution in [1.29, 1.82) is 0 Å². The van der Waals surface area contributed by atoms with Gasteiger partial charge in [0.25, 0.3) is 0 Å². The number of likely N-dealkylation sites (tertiary alicyclic amines) is 1. The summed E-state index contributed by atoms with van der Waals surface area (Å²) in [6.07, 6.45) is 8.46. The van der Waals surface area contributed by atoms with Gasteiger partial charge in [0.1, 0.15) is 0 Å². The summed E-state index contributed by atoms with van der Waals surface area (Å²) < 4.78 is 0. The summed E-state index contributed by atoms with van der Waals surface area (Å²) >= 11 is 0. The molecule has 0 unspecified atom stereocenters. The molecular weight excluding hydrogens is 346 g/mol. The normalized spacial score (nSPS) is 18.5. The predicted octanol–water partition coefficient (Wildman–Crippen LogP) is 3.38. The van der Waals surface area contributed by atoms with Crippen molar-refractivity contribution in [3.05, 3.63) is 42.0 Å². The summed E-state index contributed by atoms with van der Waals surface area (Å²) in [5, 5.41) is 6.97. The molecule has 0 spiro atoms. The van der Waals surface area contributed by atoms with Crippen LogP contribution >= 0.6 is 0 Å². The number of hydrogen-bond acceptors (Lipinski definition) is 3. The number of piperidine rings is 1. The third-order valence-corrected chi connectivity index (χ3v) is 5.76. The number of hydrogen-bond donors (Lipinski definition) is 2. The Hall–Kier alpha value is -2.01. The van der Waals surface area contributed by atoms with Crippen molar-refractivity contribution in [2.24, 2.45) is 4.99 Å². The van der Waals surface area contributed by atoms with E-state index in [1.807, 2.05) is 0 Å². The molecule has 0 aliphatic carbocycles. The van der Waals surface area contributed by atoms with E-state index in [1.165, 1.54) is 43.6 Å². The predicted molar refractivity (Wildman–Crippen MR) is 120 cm³/mol. The van der Waals surface area contributed by atoms with Gasteiger partial charge in [-0.1, -0.05) is 30.7 Å². The van der Waals surface area contributed by atoms with Gasteiger partial charge >= 0.3 is 0 Å². The van der Waals surface area contributed by atoms with Crippen molar-refractivity contribution in [2.75, 3.05) is 44.2 Å². The molecule has 5 nitrogen and oxygen atoms in total. The fourth-order valence-electron chi connectivity index (χ4n) is 3.96. The summed E-state index contributed by atoms with van der Waals surface area (Å²) in [5.41, 5.74) is 2.66. The molecule has 3 rings (SSSR count). The number of benzene rings is 1. The number of nitrogens with one attached hydrogen (secondary N) is 2. The minimum atomic E-state index is 0.138. The average Bonchev–Trinajstić information content (AvgIpc) is 3.26. The van der Waals surface area contributed by atoms with Crippen molar-refractivity contribution < 1.29 is 0 Å². The highest BCUT2D eigenvalue weighted by atomic mass is 15.2. The Morgan fingerprint density at radius 3 is 2.54 bits per heavy atom. The highest BCUT2D eigenvalue weighted by Gasteiger charge is 2.27. The fourth-order valence-corrected chi connectivity index (χ4v) is 3.96. The molecule has 5 heteroatoms. The first-order valence-corrected chi connectivity index (χ1v) is 10.8. The van der Waals surface area contributed by atoms with Crippen LogP contribution in [0.25, 0.3) is 0 Å². The Balaban J connectivity index is 1.58. The first-order chi connectivity index (χ1) is 13.6. The van der Waals surface area contributed by atoms with Crippen LogP contribution in [0.5, 0.6) is 0 Å². The number of rotatable bonds is 7. The molecule has 154 valence electrons. The van der Waals surface area contributed by atoms with Crippen LogP contribution in [-0.4, -0.2) is 55.7 Å². The maximum Gasteiger partial charge on any atom is 0.191 e. The summed E-state index contributed by atoms with van der Waals surface area (Å²) in [6.45, 7) is 13.7. The lowest BCUT2D eigenvalue weighted by Gasteiger charge is -2.41. The smallest absolute Gasteiger partial charge is 0.191 e. The molecule has 2 heterocycles. The molecule has 2 aliphatic heterocycles. The van der Waals surface area contributed by atoms with E-state index in [0.717, 1.165) is 32.1 Å². The molecule has 1 aromatic rings. The van der Waals surface area contributed by atoms with Crippen LogP contribution in [0.1, 0.15) is 45.6 Å². The summed E-state index contributed by atoms with van der Waals surface area (Å²) in [4.78, 5) is 9.83. The van der Waals surface area contributed by atoms with Gasteiger partial charge in [-0.2, -0.15) is 0 Å². The van der Waals surface area contributed by atoms with Crippen molar-refractivity contribution >= 4 is 11.6 Å². The number of anilines is 1. The molecule has 0 amide bonds. The molecule has 1 fully saturated rings. The van der Waals surface area contributed by atoms with Gasteiger partial charge in [0, 0.05) is 37.4 Å². The number of aliphatic imine (C=N–C) groups is 1. The van der Waals surface area contributed by atoms with Crippen LogP contribution in [-0.2, 0) is 6.54 Å². The maximum absolute atomic E-state index is 4.84. The Morgan fingerprint density at radius 1 is 1.07 bits per heavy atom. The average molecular weight is 384 g/mol. The SMILES string of the molecule is CCNC(=NCc1cccc(N2CC=CC2)c1)NCC(C)(C)N1CCCCC1. The van der Waals surface area contributed by atoms with Gasteiger partial charge < -0.3 is 15.5 Å². The lowest BCUT2D eigenvalue weighted by molar-refractivity contribution is 0.0982. The van der Waals surface area contributed by atoms with Gasteiger partial charge in [-0.05, 0) is 64.4 Å². The van der Waals surface area contributed by atoms with Gasteiger partial charge in [0.15, 0.2) is 5.96 Å². The van der Waals surface area contributed by atoms with E-state index in [2.05, 4.69) is 77.6 Å². The third-order valence-electron chi connectivity index (χ3n) is 5.76. The van der Waals surface area contributed by atoms with Gasteiger partial charge in [-0.3, -0.25) is 4.90 Å². The first-order valence-electron chi connectivity index (χ1n) is 10.8. The molecule has 2 aliphatic rings. The number of nitrogens with zero attached hydrogens (tertiary/aromatic N) is 3. The second-order valence-corrected chi connectivity index (χ2v) is 8.46. The maximum atomic E-state index is 4.84. The molecule has 0 radical (unpaired) electrons.